The number of thiophene rings is 1. The molecule has 0 unspecified atom stereocenters. The van der Waals surface area contributed by atoms with Gasteiger partial charge < -0.3 is 9.80 Å². The Bertz CT molecular complexity index is 2900. The molecule has 0 aliphatic rings. The number of fused-ring (bicyclic) bond motifs is 5. The number of anilines is 6. The number of nitrogens with zero attached hydrogens (tertiary/aromatic N) is 2. The molecule has 0 aliphatic carbocycles. The van der Waals surface area contributed by atoms with Crippen molar-refractivity contribution in [3.8, 4) is 22.3 Å². The maximum absolute atomic E-state index is 2.46. The SMILES string of the molecule is c1ccc(-c2ccc(N(c3ccccc3)c3ccc(N(c4ccccc4)c4ccccc4-c4ccccc4)c4c3sc3c5ccccc5ccc34)cc2)cc1. The van der Waals surface area contributed by atoms with Crippen LogP contribution in [0.2, 0.25) is 0 Å². The largest absolute Gasteiger partial charge is 0.309 e. The van der Waals surface area contributed by atoms with E-state index in [9.17, 15) is 0 Å². The summed E-state index contributed by atoms with van der Waals surface area (Å²) in [4.78, 5) is 4.88. The highest BCUT2D eigenvalue weighted by Gasteiger charge is 2.25. The van der Waals surface area contributed by atoms with Crippen LogP contribution in [0.25, 0.3) is 53.2 Å². The maximum atomic E-state index is 2.46. The lowest BCUT2D eigenvalue weighted by Gasteiger charge is -2.31. The van der Waals surface area contributed by atoms with Gasteiger partial charge in [-0.05, 0) is 82.1 Å². The van der Waals surface area contributed by atoms with Crippen molar-refractivity contribution in [1.29, 1.82) is 0 Å². The second kappa shape index (κ2) is 14.1. The Labute approximate surface area is 325 Å². The molecule has 3 heteroatoms. The van der Waals surface area contributed by atoms with Gasteiger partial charge in [0.25, 0.3) is 0 Å². The smallest absolute Gasteiger partial charge is 0.0641 e. The zero-order chi connectivity index (χ0) is 36.6. The molecule has 1 heterocycles. The summed E-state index contributed by atoms with van der Waals surface area (Å²) in [6.45, 7) is 0. The molecule has 0 amide bonds. The molecular formula is C52H36N2S. The molecule has 0 atom stereocenters. The molecular weight excluding hydrogens is 685 g/mol. The highest BCUT2D eigenvalue weighted by Crippen LogP contribution is 2.52. The van der Waals surface area contributed by atoms with Crippen molar-refractivity contribution >= 4 is 76.4 Å². The highest BCUT2D eigenvalue weighted by atomic mass is 32.1. The fourth-order valence-electron chi connectivity index (χ4n) is 7.89. The van der Waals surface area contributed by atoms with Crippen LogP contribution in [0.1, 0.15) is 0 Å². The van der Waals surface area contributed by atoms with E-state index in [2.05, 4.69) is 228 Å². The Hall–Kier alpha value is -6.94. The molecule has 55 heavy (non-hydrogen) atoms. The number of benzene rings is 9. The normalized spacial score (nSPS) is 11.3. The minimum absolute atomic E-state index is 1.11. The first kappa shape index (κ1) is 32.7. The average molecular weight is 721 g/mol. The molecule has 0 bridgehead atoms. The monoisotopic (exact) mass is 720 g/mol. The molecule has 0 saturated heterocycles. The van der Waals surface area contributed by atoms with Gasteiger partial charge in [-0.15, -0.1) is 11.3 Å². The first-order chi connectivity index (χ1) is 27.3. The molecule has 0 N–H and O–H groups in total. The van der Waals surface area contributed by atoms with Crippen LogP contribution in [0, 0.1) is 0 Å². The van der Waals surface area contributed by atoms with Crippen molar-refractivity contribution in [1.82, 2.24) is 0 Å². The maximum Gasteiger partial charge on any atom is 0.0641 e. The van der Waals surface area contributed by atoms with E-state index in [-0.39, 0.29) is 0 Å². The van der Waals surface area contributed by atoms with Crippen LogP contribution < -0.4 is 9.80 Å². The predicted molar refractivity (Wildman–Crippen MR) is 237 cm³/mol. The van der Waals surface area contributed by atoms with Crippen molar-refractivity contribution < 1.29 is 0 Å². The molecule has 0 fully saturated rings. The predicted octanol–water partition coefficient (Wildman–Crippen LogP) is 15.5. The van der Waals surface area contributed by atoms with Gasteiger partial charge in [0.05, 0.1) is 21.8 Å². The lowest BCUT2D eigenvalue weighted by molar-refractivity contribution is 1.28. The fraction of sp³-hybridized carbons (Fsp3) is 0. The van der Waals surface area contributed by atoms with Gasteiger partial charge in [-0.2, -0.15) is 0 Å². The van der Waals surface area contributed by atoms with Crippen molar-refractivity contribution in [2.45, 2.75) is 0 Å². The van der Waals surface area contributed by atoms with Gasteiger partial charge in [0, 0.05) is 38.1 Å². The summed E-state index contributed by atoms with van der Waals surface area (Å²) in [5.74, 6) is 0. The van der Waals surface area contributed by atoms with Crippen molar-refractivity contribution in [2.75, 3.05) is 9.80 Å². The first-order valence-corrected chi connectivity index (χ1v) is 19.5. The summed E-state index contributed by atoms with van der Waals surface area (Å²) in [6, 6.07) is 78.7. The van der Waals surface area contributed by atoms with E-state index < -0.39 is 0 Å². The molecule has 10 rings (SSSR count). The van der Waals surface area contributed by atoms with Crippen LogP contribution in [-0.2, 0) is 0 Å². The van der Waals surface area contributed by atoms with Crippen LogP contribution in [0.3, 0.4) is 0 Å². The minimum atomic E-state index is 1.11. The first-order valence-electron chi connectivity index (χ1n) is 18.7. The number of hydrogen-bond donors (Lipinski definition) is 0. The molecule has 2 nitrogen and oxygen atoms in total. The van der Waals surface area contributed by atoms with Crippen molar-refractivity contribution in [2.24, 2.45) is 0 Å². The van der Waals surface area contributed by atoms with E-state index in [4.69, 9.17) is 0 Å². The molecule has 0 spiro atoms. The van der Waals surface area contributed by atoms with E-state index in [1.807, 2.05) is 11.3 Å². The third kappa shape index (κ3) is 5.92. The van der Waals surface area contributed by atoms with E-state index >= 15 is 0 Å². The van der Waals surface area contributed by atoms with Crippen LogP contribution >= 0.6 is 11.3 Å². The summed E-state index contributed by atoms with van der Waals surface area (Å²) in [5.41, 5.74) is 11.5. The van der Waals surface area contributed by atoms with Gasteiger partial charge in [-0.1, -0.05) is 164 Å². The summed E-state index contributed by atoms with van der Waals surface area (Å²) in [7, 11) is 0. The van der Waals surface area contributed by atoms with Crippen LogP contribution in [0.4, 0.5) is 34.1 Å². The Morgan fingerprint density at radius 3 is 1.53 bits per heavy atom. The lowest BCUT2D eigenvalue weighted by atomic mass is 10.00. The second-order valence-corrected chi connectivity index (χ2v) is 14.7. The lowest BCUT2D eigenvalue weighted by Crippen LogP contribution is -2.13. The number of para-hydroxylation sites is 3. The Balaban J connectivity index is 1.27. The van der Waals surface area contributed by atoms with Gasteiger partial charge >= 0.3 is 0 Å². The van der Waals surface area contributed by atoms with Crippen LogP contribution in [0.15, 0.2) is 218 Å². The van der Waals surface area contributed by atoms with E-state index in [1.165, 1.54) is 53.2 Å². The zero-order valence-electron chi connectivity index (χ0n) is 30.1. The topological polar surface area (TPSA) is 6.48 Å². The van der Waals surface area contributed by atoms with Gasteiger partial charge in [0.1, 0.15) is 0 Å². The fourth-order valence-corrected chi connectivity index (χ4v) is 9.25. The van der Waals surface area contributed by atoms with Gasteiger partial charge in [0.15, 0.2) is 0 Å². The van der Waals surface area contributed by atoms with E-state index in [0.29, 0.717) is 0 Å². The summed E-state index contributed by atoms with van der Waals surface area (Å²) >= 11 is 1.89. The molecule has 1 aromatic heterocycles. The highest BCUT2D eigenvalue weighted by molar-refractivity contribution is 7.27. The third-order valence-electron chi connectivity index (χ3n) is 10.4. The Kier molecular flexibility index (Phi) is 8.40. The molecule has 10 aromatic rings. The van der Waals surface area contributed by atoms with Gasteiger partial charge in [0.2, 0.25) is 0 Å². The van der Waals surface area contributed by atoms with Gasteiger partial charge in [-0.25, -0.2) is 0 Å². The van der Waals surface area contributed by atoms with Crippen LogP contribution in [0.5, 0.6) is 0 Å². The summed E-state index contributed by atoms with van der Waals surface area (Å²) in [5, 5.41) is 5.00. The van der Waals surface area contributed by atoms with Crippen molar-refractivity contribution in [3.05, 3.63) is 218 Å². The van der Waals surface area contributed by atoms with E-state index in [0.717, 1.165) is 34.1 Å². The molecule has 9 aromatic carbocycles. The summed E-state index contributed by atoms with van der Waals surface area (Å²) < 4.78 is 2.52. The van der Waals surface area contributed by atoms with Crippen LogP contribution in [-0.4, -0.2) is 0 Å². The average Bonchev–Trinajstić information content (AvgIpc) is 3.67. The third-order valence-corrected chi connectivity index (χ3v) is 11.7. The summed E-state index contributed by atoms with van der Waals surface area (Å²) in [6.07, 6.45) is 0. The number of hydrogen-bond acceptors (Lipinski definition) is 3. The second-order valence-electron chi connectivity index (χ2n) is 13.7. The quantitative estimate of drug-likeness (QED) is 0.154. The number of rotatable bonds is 8. The van der Waals surface area contributed by atoms with Gasteiger partial charge in [-0.3, -0.25) is 0 Å². The standard InChI is InChI=1S/C52H36N2S/c1-5-17-37(18-6-1)38-29-32-43(33-30-38)53(41-22-9-3-10-23-41)49-36-35-48(50-46-34-31-40-21-13-14-27-45(40)51(46)55-52(49)50)54(42-24-11-4-12-25-42)47-28-16-15-26-44(47)39-19-7-2-8-20-39/h1-36H. The molecule has 0 aliphatic heterocycles. The Morgan fingerprint density at radius 1 is 0.291 bits per heavy atom. The minimum Gasteiger partial charge on any atom is -0.309 e. The molecule has 0 radical (unpaired) electrons. The molecule has 260 valence electrons. The van der Waals surface area contributed by atoms with Crippen molar-refractivity contribution in [3.63, 3.8) is 0 Å². The Morgan fingerprint density at radius 2 is 0.818 bits per heavy atom. The molecule has 0 saturated carbocycles. The zero-order valence-corrected chi connectivity index (χ0v) is 30.9. The van der Waals surface area contributed by atoms with E-state index in [1.54, 1.807) is 0 Å².